The van der Waals surface area contributed by atoms with E-state index in [0.29, 0.717) is 21.7 Å². The molecule has 0 atom stereocenters. The Kier molecular flexibility index (Phi) is 4.15. The maximum Gasteiger partial charge on any atom is 0.162 e. The number of halogens is 3. The molecular weight excluding hydrogens is 274 g/mol. The molecule has 1 aromatic heterocycles. The third-order valence-electron chi connectivity index (χ3n) is 2.49. The Morgan fingerprint density at radius 2 is 1.83 bits per heavy atom. The van der Waals surface area contributed by atoms with Crippen LogP contribution in [0.5, 0.6) is 0 Å². The predicted octanol–water partition coefficient (Wildman–Crippen LogP) is 4.54. The van der Waals surface area contributed by atoms with Crippen molar-refractivity contribution >= 4 is 23.2 Å². The van der Waals surface area contributed by atoms with Crippen molar-refractivity contribution in [1.29, 1.82) is 0 Å². The van der Waals surface area contributed by atoms with Crippen LogP contribution < -0.4 is 0 Å². The average Bonchev–Trinajstić information content (AvgIpc) is 2.33. The van der Waals surface area contributed by atoms with Gasteiger partial charge in [0.05, 0.1) is 0 Å². The van der Waals surface area contributed by atoms with E-state index in [1.165, 1.54) is 12.1 Å². The second kappa shape index (κ2) is 5.63. The van der Waals surface area contributed by atoms with Gasteiger partial charge in [-0.1, -0.05) is 48.7 Å². The maximum absolute atomic E-state index is 13.1. The molecule has 0 radical (unpaired) electrons. The van der Waals surface area contributed by atoms with Gasteiger partial charge in [-0.3, -0.25) is 0 Å². The third-order valence-corrected chi connectivity index (χ3v) is 3.11. The third kappa shape index (κ3) is 2.79. The van der Waals surface area contributed by atoms with E-state index in [-0.39, 0.29) is 5.82 Å². The highest BCUT2D eigenvalue weighted by molar-refractivity contribution is 6.34. The van der Waals surface area contributed by atoms with Gasteiger partial charge in [0.25, 0.3) is 0 Å². The molecule has 2 rings (SSSR count). The average molecular weight is 285 g/mol. The van der Waals surface area contributed by atoms with Crippen LogP contribution in [0, 0.1) is 5.82 Å². The molecule has 1 aromatic carbocycles. The maximum atomic E-state index is 13.1. The number of hydrogen-bond acceptors (Lipinski definition) is 2. The van der Waals surface area contributed by atoms with Gasteiger partial charge in [0.15, 0.2) is 5.82 Å². The fourth-order valence-electron chi connectivity index (χ4n) is 1.64. The molecule has 0 bridgehead atoms. The minimum absolute atomic E-state index is 0.330. The lowest BCUT2D eigenvalue weighted by molar-refractivity contribution is 0.628. The van der Waals surface area contributed by atoms with E-state index in [1.54, 1.807) is 12.1 Å². The molecule has 94 valence electrons. The molecule has 0 aliphatic heterocycles. The lowest BCUT2D eigenvalue weighted by Gasteiger charge is -2.07. The SMILES string of the molecule is CCCc1c(Cl)nc(-c2cccc(F)c2)nc1Cl. The summed E-state index contributed by atoms with van der Waals surface area (Å²) < 4.78 is 13.1. The molecule has 0 amide bonds. The van der Waals surface area contributed by atoms with Crippen molar-refractivity contribution in [3.63, 3.8) is 0 Å². The summed E-state index contributed by atoms with van der Waals surface area (Å²) in [5.41, 5.74) is 1.29. The normalized spacial score (nSPS) is 10.7. The molecule has 18 heavy (non-hydrogen) atoms. The number of benzene rings is 1. The topological polar surface area (TPSA) is 25.8 Å². The van der Waals surface area contributed by atoms with Gasteiger partial charge in [0.2, 0.25) is 0 Å². The summed E-state index contributed by atoms with van der Waals surface area (Å²) in [6.07, 6.45) is 1.63. The summed E-state index contributed by atoms with van der Waals surface area (Å²) in [5, 5.41) is 0.659. The zero-order valence-corrected chi connectivity index (χ0v) is 11.3. The van der Waals surface area contributed by atoms with E-state index in [2.05, 4.69) is 9.97 Å². The minimum atomic E-state index is -0.346. The van der Waals surface area contributed by atoms with E-state index >= 15 is 0 Å². The standard InChI is InChI=1S/C13H11Cl2FN2/c1-2-4-10-11(14)17-13(18-12(10)15)8-5-3-6-9(16)7-8/h3,5-7H,2,4H2,1H3. The molecule has 0 fully saturated rings. The zero-order chi connectivity index (χ0) is 13.1. The highest BCUT2D eigenvalue weighted by atomic mass is 35.5. The summed E-state index contributed by atoms with van der Waals surface area (Å²) in [7, 11) is 0. The first-order valence-corrected chi connectivity index (χ1v) is 6.35. The fraction of sp³-hybridized carbons (Fsp3) is 0.231. The van der Waals surface area contributed by atoms with E-state index in [0.717, 1.165) is 18.4 Å². The summed E-state index contributed by atoms with van der Waals surface area (Å²) >= 11 is 12.1. The van der Waals surface area contributed by atoms with Crippen molar-refractivity contribution in [1.82, 2.24) is 9.97 Å². The van der Waals surface area contributed by atoms with Gasteiger partial charge in [0.1, 0.15) is 16.1 Å². The van der Waals surface area contributed by atoms with Crippen LogP contribution in [-0.4, -0.2) is 9.97 Å². The molecule has 1 heterocycles. The van der Waals surface area contributed by atoms with Crippen molar-refractivity contribution in [3.05, 3.63) is 46.0 Å². The Morgan fingerprint density at radius 1 is 1.17 bits per heavy atom. The van der Waals surface area contributed by atoms with Gasteiger partial charge in [0, 0.05) is 11.1 Å². The van der Waals surface area contributed by atoms with E-state index < -0.39 is 0 Å². The summed E-state index contributed by atoms with van der Waals surface area (Å²) in [6, 6.07) is 6.01. The molecule has 0 saturated carbocycles. The van der Waals surface area contributed by atoms with Crippen LogP contribution in [0.2, 0.25) is 10.3 Å². The smallest absolute Gasteiger partial charge is 0.162 e. The number of aromatic nitrogens is 2. The first-order valence-electron chi connectivity index (χ1n) is 5.59. The molecule has 5 heteroatoms. The number of rotatable bonds is 3. The Hall–Kier alpha value is -1.19. The molecule has 0 saturated heterocycles. The van der Waals surface area contributed by atoms with Gasteiger partial charge in [-0.15, -0.1) is 0 Å². The Balaban J connectivity index is 2.48. The summed E-state index contributed by atoms with van der Waals surface area (Å²) in [4.78, 5) is 8.33. The van der Waals surface area contributed by atoms with Gasteiger partial charge in [-0.05, 0) is 18.6 Å². The van der Waals surface area contributed by atoms with Crippen LogP contribution in [0.4, 0.5) is 4.39 Å². The number of hydrogen-bond donors (Lipinski definition) is 0. The largest absolute Gasteiger partial charge is 0.216 e. The van der Waals surface area contributed by atoms with E-state index in [9.17, 15) is 4.39 Å². The minimum Gasteiger partial charge on any atom is -0.216 e. The second-order valence-corrected chi connectivity index (χ2v) is 4.58. The van der Waals surface area contributed by atoms with Crippen LogP contribution in [0.25, 0.3) is 11.4 Å². The Morgan fingerprint density at radius 3 is 2.39 bits per heavy atom. The van der Waals surface area contributed by atoms with Crippen LogP contribution in [0.1, 0.15) is 18.9 Å². The van der Waals surface area contributed by atoms with E-state index in [4.69, 9.17) is 23.2 Å². The lowest BCUT2D eigenvalue weighted by Crippen LogP contribution is -1.97. The van der Waals surface area contributed by atoms with Crippen molar-refractivity contribution in [2.24, 2.45) is 0 Å². The van der Waals surface area contributed by atoms with Crippen LogP contribution in [0.3, 0.4) is 0 Å². The van der Waals surface area contributed by atoms with Gasteiger partial charge < -0.3 is 0 Å². The van der Waals surface area contributed by atoms with Crippen molar-refractivity contribution in [2.45, 2.75) is 19.8 Å². The highest BCUT2D eigenvalue weighted by Crippen LogP contribution is 2.26. The molecule has 0 unspecified atom stereocenters. The van der Waals surface area contributed by atoms with Gasteiger partial charge in [-0.2, -0.15) is 0 Å². The van der Waals surface area contributed by atoms with Crippen molar-refractivity contribution in [3.8, 4) is 11.4 Å². The molecule has 0 N–H and O–H groups in total. The summed E-state index contributed by atoms with van der Waals surface area (Å²) in [6.45, 7) is 2.02. The second-order valence-electron chi connectivity index (χ2n) is 3.87. The van der Waals surface area contributed by atoms with Crippen LogP contribution in [0.15, 0.2) is 24.3 Å². The van der Waals surface area contributed by atoms with Crippen LogP contribution >= 0.6 is 23.2 Å². The lowest BCUT2D eigenvalue weighted by atomic mass is 10.2. The fourth-order valence-corrected chi connectivity index (χ4v) is 2.22. The first-order chi connectivity index (χ1) is 8.61. The van der Waals surface area contributed by atoms with Gasteiger partial charge >= 0.3 is 0 Å². The van der Waals surface area contributed by atoms with Crippen molar-refractivity contribution < 1.29 is 4.39 Å². The first kappa shape index (κ1) is 13.2. The van der Waals surface area contributed by atoms with Crippen LogP contribution in [-0.2, 0) is 6.42 Å². The van der Waals surface area contributed by atoms with Gasteiger partial charge in [-0.25, -0.2) is 14.4 Å². The Labute approximate surface area is 115 Å². The monoisotopic (exact) mass is 284 g/mol. The van der Waals surface area contributed by atoms with E-state index in [1.807, 2.05) is 6.92 Å². The predicted molar refractivity (Wildman–Crippen MR) is 71.4 cm³/mol. The van der Waals surface area contributed by atoms with Crippen molar-refractivity contribution in [2.75, 3.05) is 0 Å². The number of nitrogens with zero attached hydrogens (tertiary/aromatic N) is 2. The molecule has 0 aliphatic carbocycles. The summed E-state index contributed by atoms with van der Waals surface area (Å²) in [5.74, 6) is -0.00895. The molecule has 2 nitrogen and oxygen atoms in total. The Bertz CT molecular complexity index is 550. The molecule has 0 aliphatic rings. The zero-order valence-electron chi connectivity index (χ0n) is 9.75. The molecular formula is C13H11Cl2FN2. The molecule has 0 spiro atoms. The highest BCUT2D eigenvalue weighted by Gasteiger charge is 2.12. The quantitative estimate of drug-likeness (QED) is 0.773. The molecule has 2 aromatic rings.